The first-order valence-corrected chi connectivity index (χ1v) is 8.75. The summed E-state index contributed by atoms with van der Waals surface area (Å²) >= 11 is 1.79. The first-order valence-electron chi connectivity index (χ1n) is 7.60. The summed E-state index contributed by atoms with van der Waals surface area (Å²) in [5.41, 5.74) is 3.23. The summed E-state index contributed by atoms with van der Waals surface area (Å²) in [6, 6.07) is 16.5. The van der Waals surface area contributed by atoms with Gasteiger partial charge in [-0.25, -0.2) is 4.98 Å². The molecule has 1 heterocycles. The van der Waals surface area contributed by atoms with E-state index in [1.165, 1.54) is 16.5 Å². The summed E-state index contributed by atoms with van der Waals surface area (Å²) in [4.78, 5) is 4.74. The maximum absolute atomic E-state index is 8.79. The topological polar surface area (TPSA) is 45.1 Å². The molecule has 0 saturated heterocycles. The van der Waals surface area contributed by atoms with Crippen molar-refractivity contribution in [3.63, 3.8) is 0 Å². The van der Waals surface area contributed by atoms with Crippen molar-refractivity contribution in [3.8, 4) is 0 Å². The van der Waals surface area contributed by atoms with Gasteiger partial charge in [0.15, 0.2) is 0 Å². The Labute approximate surface area is 134 Å². The van der Waals surface area contributed by atoms with E-state index in [1.807, 2.05) is 12.1 Å². The lowest BCUT2D eigenvalue weighted by atomic mass is 10.1. The predicted octanol–water partition coefficient (Wildman–Crippen LogP) is 3.92. The smallest absolute Gasteiger partial charge is 0.0730 e. The van der Waals surface area contributed by atoms with Crippen LogP contribution in [-0.4, -0.2) is 34.7 Å². The molecule has 0 saturated carbocycles. The number of fused-ring (bicyclic) bond motifs is 2. The van der Waals surface area contributed by atoms with Crippen LogP contribution in [0, 0.1) is 0 Å². The zero-order valence-electron chi connectivity index (χ0n) is 12.5. The Hall–Kier alpha value is -1.78. The lowest BCUT2D eigenvalue weighted by Crippen LogP contribution is -2.05. The average molecular weight is 312 g/mol. The molecule has 114 valence electrons. The number of nitrogens with one attached hydrogen (secondary N) is 1. The summed E-state index contributed by atoms with van der Waals surface area (Å²) in [6.45, 7) is 1.19. The molecule has 0 aliphatic heterocycles. The van der Waals surface area contributed by atoms with Crippen molar-refractivity contribution in [2.45, 2.75) is 6.42 Å². The zero-order valence-corrected chi connectivity index (χ0v) is 13.3. The van der Waals surface area contributed by atoms with Gasteiger partial charge in [-0.05, 0) is 24.3 Å². The van der Waals surface area contributed by atoms with E-state index in [0.29, 0.717) is 0 Å². The Bertz CT molecular complexity index is 706. The highest BCUT2D eigenvalue weighted by Crippen LogP contribution is 2.30. The van der Waals surface area contributed by atoms with Gasteiger partial charge in [-0.3, -0.25) is 0 Å². The lowest BCUT2D eigenvalue weighted by molar-refractivity contribution is 0.322. The Morgan fingerprint density at radius 3 is 2.18 bits per heavy atom. The highest BCUT2D eigenvalue weighted by Gasteiger charge is 2.07. The van der Waals surface area contributed by atoms with Gasteiger partial charge in [-0.15, -0.1) is 0 Å². The number of hydrogen-bond donors (Lipinski definition) is 2. The standard InChI is InChI=1S/C18H20N2OS/c21-11-13-22-12-5-10-19-18-14-6-1-3-8-16(14)20-17-9-4-2-7-15(17)18/h1-4,6-9,21H,5,10-13H2,(H,19,20). The molecule has 3 nitrogen and oxygen atoms in total. The van der Waals surface area contributed by atoms with E-state index in [-0.39, 0.29) is 6.61 Å². The molecular weight excluding hydrogens is 292 g/mol. The Morgan fingerprint density at radius 2 is 1.55 bits per heavy atom. The van der Waals surface area contributed by atoms with Gasteiger partial charge in [-0.2, -0.15) is 11.8 Å². The van der Waals surface area contributed by atoms with Gasteiger partial charge in [0.2, 0.25) is 0 Å². The molecule has 0 amide bonds. The molecule has 0 bridgehead atoms. The number of benzene rings is 2. The highest BCUT2D eigenvalue weighted by molar-refractivity contribution is 7.99. The molecule has 0 aliphatic rings. The van der Waals surface area contributed by atoms with Gasteiger partial charge in [0.05, 0.1) is 23.3 Å². The quantitative estimate of drug-likeness (QED) is 0.513. The Balaban J connectivity index is 1.85. The molecule has 0 aliphatic carbocycles. The number of aliphatic hydroxyl groups is 1. The van der Waals surface area contributed by atoms with Crippen LogP contribution in [0.15, 0.2) is 48.5 Å². The van der Waals surface area contributed by atoms with Crippen LogP contribution < -0.4 is 5.32 Å². The van der Waals surface area contributed by atoms with Gasteiger partial charge in [0.1, 0.15) is 0 Å². The lowest BCUT2D eigenvalue weighted by Gasteiger charge is -2.13. The normalized spacial score (nSPS) is 11.1. The number of aromatic nitrogens is 1. The van der Waals surface area contributed by atoms with Gasteiger partial charge in [-0.1, -0.05) is 36.4 Å². The highest BCUT2D eigenvalue weighted by atomic mass is 32.2. The van der Waals surface area contributed by atoms with Crippen molar-refractivity contribution in [1.29, 1.82) is 0 Å². The number of hydrogen-bond acceptors (Lipinski definition) is 4. The zero-order chi connectivity index (χ0) is 15.2. The van der Waals surface area contributed by atoms with Crippen molar-refractivity contribution < 1.29 is 5.11 Å². The molecule has 0 atom stereocenters. The van der Waals surface area contributed by atoms with Crippen LogP contribution >= 0.6 is 11.8 Å². The largest absolute Gasteiger partial charge is 0.396 e. The summed E-state index contributed by atoms with van der Waals surface area (Å²) in [7, 11) is 0. The molecule has 2 aromatic carbocycles. The fourth-order valence-corrected chi connectivity index (χ4v) is 3.27. The number of thioether (sulfide) groups is 1. The van der Waals surface area contributed by atoms with Gasteiger partial charge in [0, 0.05) is 23.1 Å². The second kappa shape index (κ2) is 7.47. The molecule has 0 radical (unpaired) electrons. The van der Waals surface area contributed by atoms with Gasteiger partial charge >= 0.3 is 0 Å². The van der Waals surface area contributed by atoms with Crippen LogP contribution in [0.2, 0.25) is 0 Å². The van der Waals surface area contributed by atoms with Gasteiger partial charge in [0.25, 0.3) is 0 Å². The Morgan fingerprint density at radius 1 is 0.909 bits per heavy atom. The summed E-state index contributed by atoms with van der Waals surface area (Å²) in [5.74, 6) is 1.88. The fraction of sp³-hybridized carbons (Fsp3) is 0.278. The average Bonchev–Trinajstić information content (AvgIpc) is 2.57. The van der Waals surface area contributed by atoms with E-state index in [4.69, 9.17) is 10.1 Å². The number of rotatable bonds is 7. The number of anilines is 1. The van der Waals surface area contributed by atoms with Crippen LogP contribution in [-0.2, 0) is 0 Å². The molecule has 3 rings (SSSR count). The second-order valence-electron chi connectivity index (χ2n) is 5.14. The first-order chi connectivity index (χ1) is 10.9. The number of pyridine rings is 1. The summed E-state index contributed by atoms with van der Waals surface area (Å²) < 4.78 is 0. The van der Waals surface area contributed by atoms with Crippen LogP contribution in [0.4, 0.5) is 5.69 Å². The van der Waals surface area contributed by atoms with E-state index >= 15 is 0 Å². The Kier molecular flexibility index (Phi) is 5.14. The number of aliphatic hydroxyl groups excluding tert-OH is 1. The minimum Gasteiger partial charge on any atom is -0.396 e. The molecule has 3 aromatic rings. The van der Waals surface area contributed by atoms with Crippen molar-refractivity contribution in [1.82, 2.24) is 4.98 Å². The SMILES string of the molecule is OCCSCCCNc1c2ccccc2nc2ccccc12. The van der Waals surface area contributed by atoms with Crippen LogP contribution in [0.1, 0.15) is 6.42 Å². The van der Waals surface area contributed by atoms with Crippen molar-refractivity contribution >= 4 is 39.3 Å². The van der Waals surface area contributed by atoms with Crippen molar-refractivity contribution in [2.24, 2.45) is 0 Å². The molecule has 0 spiro atoms. The third-order valence-corrected chi connectivity index (χ3v) is 4.64. The van der Waals surface area contributed by atoms with Crippen molar-refractivity contribution in [3.05, 3.63) is 48.5 Å². The number of para-hydroxylation sites is 2. The molecule has 0 fully saturated rings. The molecular formula is C18H20N2OS. The second-order valence-corrected chi connectivity index (χ2v) is 6.36. The summed E-state index contributed by atoms with van der Waals surface area (Å²) in [6.07, 6.45) is 1.08. The minimum atomic E-state index is 0.262. The third kappa shape index (κ3) is 3.34. The molecule has 0 unspecified atom stereocenters. The first kappa shape index (κ1) is 15.1. The fourth-order valence-electron chi connectivity index (χ4n) is 2.58. The molecule has 1 aromatic heterocycles. The predicted molar refractivity (Wildman–Crippen MR) is 96.8 cm³/mol. The van der Waals surface area contributed by atoms with E-state index in [1.54, 1.807) is 11.8 Å². The molecule has 4 heteroatoms. The van der Waals surface area contributed by atoms with E-state index in [0.717, 1.165) is 35.5 Å². The van der Waals surface area contributed by atoms with E-state index in [2.05, 4.69) is 41.7 Å². The van der Waals surface area contributed by atoms with Crippen LogP contribution in [0.3, 0.4) is 0 Å². The summed E-state index contributed by atoms with van der Waals surface area (Å²) in [5, 5.41) is 14.7. The maximum Gasteiger partial charge on any atom is 0.0730 e. The minimum absolute atomic E-state index is 0.262. The number of nitrogens with zero attached hydrogens (tertiary/aromatic N) is 1. The van der Waals surface area contributed by atoms with Crippen LogP contribution in [0.25, 0.3) is 21.8 Å². The van der Waals surface area contributed by atoms with Gasteiger partial charge < -0.3 is 10.4 Å². The third-order valence-electron chi connectivity index (χ3n) is 3.59. The maximum atomic E-state index is 8.79. The molecule has 2 N–H and O–H groups in total. The van der Waals surface area contributed by atoms with E-state index in [9.17, 15) is 0 Å². The van der Waals surface area contributed by atoms with E-state index < -0.39 is 0 Å². The molecule has 22 heavy (non-hydrogen) atoms. The van der Waals surface area contributed by atoms with Crippen molar-refractivity contribution in [2.75, 3.05) is 30.0 Å². The van der Waals surface area contributed by atoms with Crippen LogP contribution in [0.5, 0.6) is 0 Å². The monoisotopic (exact) mass is 312 g/mol.